The molecular weight excluding hydrogens is 278 g/mol. The summed E-state index contributed by atoms with van der Waals surface area (Å²) < 4.78 is 5.17. The number of hydrogen-bond donors (Lipinski definition) is 2. The summed E-state index contributed by atoms with van der Waals surface area (Å²) in [7, 11) is 0. The van der Waals surface area contributed by atoms with Gasteiger partial charge in [0.05, 0.1) is 18.5 Å². The third-order valence-electron chi connectivity index (χ3n) is 2.89. The topological polar surface area (TPSA) is 66.6 Å². The lowest BCUT2D eigenvalue weighted by atomic mass is 10.2. The van der Waals surface area contributed by atoms with Gasteiger partial charge in [-0.05, 0) is 50.3 Å². The number of carbonyl (C=O) groups excluding carboxylic acids is 1. The Labute approximate surface area is 129 Å². The number of benzene rings is 1. The van der Waals surface area contributed by atoms with Crippen molar-refractivity contribution in [3.63, 3.8) is 0 Å². The summed E-state index contributed by atoms with van der Waals surface area (Å²) in [6.07, 6.45) is 5.16. The number of allylic oxidation sites excluding steroid dienone is 1. The van der Waals surface area contributed by atoms with Crippen molar-refractivity contribution >= 4 is 23.4 Å². The zero-order chi connectivity index (χ0) is 15.8. The summed E-state index contributed by atoms with van der Waals surface area (Å²) in [5.74, 6) is 0.535. The molecule has 0 atom stereocenters. The van der Waals surface area contributed by atoms with Crippen molar-refractivity contribution in [2.24, 2.45) is 5.10 Å². The fourth-order valence-corrected chi connectivity index (χ4v) is 1.67. The van der Waals surface area contributed by atoms with Crippen molar-refractivity contribution in [2.75, 3.05) is 11.9 Å². The Morgan fingerprint density at radius 2 is 2.05 bits per heavy atom. The molecule has 0 unspecified atom stereocenters. The Bertz CT molecular complexity index is 656. The summed E-state index contributed by atoms with van der Waals surface area (Å²) in [6.45, 7) is 3.99. The Morgan fingerprint density at radius 3 is 2.73 bits per heavy atom. The molecule has 5 heteroatoms. The number of rotatable bonds is 6. The normalized spacial score (nSPS) is 11.6. The van der Waals surface area contributed by atoms with Crippen molar-refractivity contribution in [3.8, 4) is 0 Å². The van der Waals surface area contributed by atoms with E-state index in [0.29, 0.717) is 5.71 Å². The molecule has 0 aliphatic heterocycles. The molecule has 0 bridgehead atoms. The number of carbonyl (C=O) groups is 1. The van der Waals surface area contributed by atoms with Gasteiger partial charge in [0, 0.05) is 5.69 Å². The van der Waals surface area contributed by atoms with E-state index in [4.69, 9.17) is 4.42 Å². The van der Waals surface area contributed by atoms with Crippen LogP contribution in [0.5, 0.6) is 0 Å². The van der Waals surface area contributed by atoms with Crippen LogP contribution in [-0.2, 0) is 4.79 Å². The first kappa shape index (κ1) is 15.6. The van der Waals surface area contributed by atoms with Gasteiger partial charge in [0.15, 0.2) is 0 Å². The van der Waals surface area contributed by atoms with E-state index < -0.39 is 0 Å². The fourth-order valence-electron chi connectivity index (χ4n) is 1.67. The Morgan fingerprint density at radius 1 is 1.27 bits per heavy atom. The lowest BCUT2D eigenvalue weighted by Gasteiger charge is -2.05. The minimum Gasteiger partial charge on any atom is -0.465 e. The predicted molar refractivity (Wildman–Crippen MR) is 88.7 cm³/mol. The van der Waals surface area contributed by atoms with E-state index in [2.05, 4.69) is 15.8 Å². The highest BCUT2D eigenvalue weighted by Crippen LogP contribution is 2.07. The van der Waals surface area contributed by atoms with Crippen molar-refractivity contribution in [1.29, 1.82) is 0 Å². The predicted octanol–water partition coefficient (Wildman–Crippen LogP) is 3.21. The van der Waals surface area contributed by atoms with Crippen LogP contribution in [0.1, 0.15) is 18.2 Å². The number of anilines is 1. The summed E-state index contributed by atoms with van der Waals surface area (Å²) in [5, 5.41) is 7.03. The van der Waals surface area contributed by atoms with Crippen molar-refractivity contribution in [1.82, 2.24) is 5.43 Å². The Hall–Kier alpha value is -2.82. The number of amides is 1. The molecule has 1 amide bonds. The van der Waals surface area contributed by atoms with Crippen LogP contribution < -0.4 is 10.7 Å². The third-order valence-corrected chi connectivity index (χ3v) is 2.89. The molecule has 5 nitrogen and oxygen atoms in total. The molecule has 1 aromatic carbocycles. The van der Waals surface area contributed by atoms with Gasteiger partial charge in [-0.3, -0.25) is 4.79 Å². The van der Waals surface area contributed by atoms with Crippen LogP contribution in [-0.4, -0.2) is 18.2 Å². The van der Waals surface area contributed by atoms with Gasteiger partial charge in [0.1, 0.15) is 5.76 Å². The molecule has 0 fully saturated rings. The SMILES string of the molecule is CC(/C=C/c1ccco1)=N/NC(=O)CNc1ccc(C)cc1. The second-order valence-electron chi connectivity index (χ2n) is 4.86. The zero-order valence-electron chi connectivity index (χ0n) is 12.7. The van der Waals surface area contributed by atoms with E-state index in [1.807, 2.05) is 43.3 Å². The summed E-state index contributed by atoms with van der Waals surface area (Å²) in [6, 6.07) is 11.5. The average molecular weight is 297 g/mol. The number of aryl methyl sites for hydroxylation is 1. The van der Waals surface area contributed by atoms with Crippen LogP contribution >= 0.6 is 0 Å². The average Bonchev–Trinajstić information content (AvgIpc) is 3.04. The minimum absolute atomic E-state index is 0.168. The van der Waals surface area contributed by atoms with E-state index in [-0.39, 0.29) is 12.5 Å². The summed E-state index contributed by atoms with van der Waals surface area (Å²) in [4.78, 5) is 11.7. The monoisotopic (exact) mass is 297 g/mol. The number of nitrogens with zero attached hydrogens (tertiary/aromatic N) is 1. The van der Waals surface area contributed by atoms with Crippen LogP contribution in [0.15, 0.2) is 58.3 Å². The molecule has 2 N–H and O–H groups in total. The third kappa shape index (κ3) is 5.28. The molecule has 0 radical (unpaired) electrons. The van der Waals surface area contributed by atoms with Crippen LogP contribution in [0.2, 0.25) is 0 Å². The molecule has 22 heavy (non-hydrogen) atoms. The standard InChI is InChI=1S/C17H19N3O2/c1-13-5-8-15(9-6-13)18-12-17(21)20-19-14(2)7-10-16-4-3-11-22-16/h3-11,18H,12H2,1-2H3,(H,20,21)/b10-7+,19-14-. The van der Waals surface area contributed by atoms with Gasteiger partial charge < -0.3 is 9.73 Å². The van der Waals surface area contributed by atoms with Gasteiger partial charge in [-0.15, -0.1) is 0 Å². The minimum atomic E-state index is -0.202. The van der Waals surface area contributed by atoms with E-state index in [9.17, 15) is 4.79 Å². The summed E-state index contributed by atoms with van der Waals surface area (Å²) in [5.41, 5.74) is 5.26. The lowest BCUT2D eigenvalue weighted by molar-refractivity contribution is -0.119. The van der Waals surface area contributed by atoms with Crippen LogP contribution in [0.25, 0.3) is 6.08 Å². The van der Waals surface area contributed by atoms with Gasteiger partial charge >= 0.3 is 0 Å². The van der Waals surface area contributed by atoms with Gasteiger partial charge in [0.2, 0.25) is 0 Å². The number of furan rings is 1. The molecule has 0 aliphatic rings. The van der Waals surface area contributed by atoms with E-state index in [1.165, 1.54) is 5.56 Å². The lowest BCUT2D eigenvalue weighted by Crippen LogP contribution is -2.26. The highest BCUT2D eigenvalue weighted by Gasteiger charge is 1.99. The fraction of sp³-hybridized carbons (Fsp3) is 0.176. The first-order valence-corrected chi connectivity index (χ1v) is 6.99. The zero-order valence-corrected chi connectivity index (χ0v) is 12.7. The van der Waals surface area contributed by atoms with Gasteiger partial charge in [-0.1, -0.05) is 17.7 Å². The maximum Gasteiger partial charge on any atom is 0.259 e. The summed E-state index contributed by atoms with van der Waals surface area (Å²) >= 11 is 0. The molecular formula is C17H19N3O2. The molecule has 0 saturated heterocycles. The smallest absolute Gasteiger partial charge is 0.259 e. The quantitative estimate of drug-likeness (QED) is 0.635. The molecule has 0 saturated carbocycles. The second kappa shape index (κ2) is 7.83. The first-order valence-electron chi connectivity index (χ1n) is 6.99. The van der Waals surface area contributed by atoms with E-state index in [0.717, 1.165) is 11.4 Å². The number of hydrogen-bond acceptors (Lipinski definition) is 4. The molecule has 114 valence electrons. The first-order chi connectivity index (χ1) is 10.6. The molecule has 1 heterocycles. The highest BCUT2D eigenvalue weighted by atomic mass is 16.3. The van der Waals surface area contributed by atoms with E-state index in [1.54, 1.807) is 25.3 Å². The van der Waals surface area contributed by atoms with Gasteiger partial charge in [0.25, 0.3) is 5.91 Å². The Kier molecular flexibility index (Phi) is 5.54. The van der Waals surface area contributed by atoms with Crippen LogP contribution in [0.3, 0.4) is 0 Å². The van der Waals surface area contributed by atoms with Crippen molar-refractivity contribution in [3.05, 3.63) is 60.1 Å². The van der Waals surface area contributed by atoms with Gasteiger partial charge in [-0.2, -0.15) is 5.10 Å². The maximum atomic E-state index is 11.7. The number of hydrazone groups is 1. The van der Waals surface area contributed by atoms with E-state index >= 15 is 0 Å². The molecule has 1 aromatic heterocycles. The highest BCUT2D eigenvalue weighted by molar-refractivity contribution is 5.96. The van der Waals surface area contributed by atoms with Gasteiger partial charge in [-0.25, -0.2) is 5.43 Å². The maximum absolute atomic E-state index is 11.7. The molecule has 2 rings (SSSR count). The van der Waals surface area contributed by atoms with Crippen molar-refractivity contribution in [2.45, 2.75) is 13.8 Å². The molecule has 0 spiro atoms. The molecule has 0 aliphatic carbocycles. The number of nitrogens with one attached hydrogen (secondary N) is 2. The van der Waals surface area contributed by atoms with Crippen LogP contribution in [0, 0.1) is 6.92 Å². The Balaban J connectivity index is 1.76. The molecule has 2 aromatic rings. The van der Waals surface area contributed by atoms with Crippen LogP contribution in [0.4, 0.5) is 5.69 Å². The van der Waals surface area contributed by atoms with Crippen molar-refractivity contribution < 1.29 is 9.21 Å². The second-order valence-corrected chi connectivity index (χ2v) is 4.86. The largest absolute Gasteiger partial charge is 0.465 e.